The van der Waals surface area contributed by atoms with E-state index < -0.39 is 30.6 Å². The minimum atomic E-state index is -1.54. The second-order valence-electron chi connectivity index (χ2n) is 6.56. The number of nitrogens with zero attached hydrogens (tertiary/aromatic N) is 4. The molecule has 2 aromatic heterocycles. The summed E-state index contributed by atoms with van der Waals surface area (Å²) >= 11 is 0. The highest BCUT2D eigenvalue weighted by molar-refractivity contribution is 5.81. The van der Waals surface area contributed by atoms with Crippen molar-refractivity contribution in [1.29, 1.82) is 0 Å². The van der Waals surface area contributed by atoms with Gasteiger partial charge in [0, 0.05) is 10.9 Å². The number of anilines is 1. The van der Waals surface area contributed by atoms with Gasteiger partial charge in [0.2, 0.25) is 0 Å². The van der Waals surface area contributed by atoms with Crippen molar-refractivity contribution >= 4 is 17.0 Å². The van der Waals surface area contributed by atoms with Crippen molar-refractivity contribution in [2.45, 2.75) is 30.5 Å². The van der Waals surface area contributed by atoms with E-state index in [0.29, 0.717) is 16.7 Å². The monoisotopic (exact) mass is 391 g/mol. The average Bonchev–Trinajstić information content (AvgIpc) is 3.25. The number of aliphatic hydroxyl groups is 3. The zero-order valence-electron chi connectivity index (χ0n) is 14.5. The normalized spacial score (nSPS) is 27.4. The van der Waals surface area contributed by atoms with Crippen LogP contribution in [0.15, 0.2) is 36.9 Å². The number of nitrogen functional groups attached to an aromatic ring is 1. The number of ether oxygens (including phenoxy) is 1. The second-order valence-corrected chi connectivity index (χ2v) is 6.56. The molecule has 1 aromatic carbocycles. The molecule has 11 heteroatoms. The lowest BCUT2D eigenvalue weighted by atomic mass is 9.94. The third-order valence-corrected chi connectivity index (χ3v) is 4.94. The van der Waals surface area contributed by atoms with Crippen LogP contribution in [0.25, 0.3) is 11.2 Å². The predicted molar refractivity (Wildman–Crippen MR) is 93.6 cm³/mol. The van der Waals surface area contributed by atoms with Gasteiger partial charge in [-0.1, -0.05) is 12.1 Å². The maximum absolute atomic E-state index is 12.3. The molecule has 3 heterocycles. The van der Waals surface area contributed by atoms with Crippen LogP contribution in [0.2, 0.25) is 0 Å². The van der Waals surface area contributed by atoms with Crippen molar-refractivity contribution in [2.75, 3.05) is 12.3 Å². The first-order valence-electron chi connectivity index (χ1n) is 8.46. The summed E-state index contributed by atoms with van der Waals surface area (Å²) in [5.41, 5.74) is 5.55. The van der Waals surface area contributed by atoms with E-state index in [-0.39, 0.29) is 18.0 Å². The summed E-state index contributed by atoms with van der Waals surface area (Å²) in [6.07, 6.45) is -1.11. The number of imidazole rings is 1. The van der Waals surface area contributed by atoms with Crippen LogP contribution in [0.4, 0.5) is 10.3 Å². The Hall–Kier alpha value is -2.86. The standard InChI is InChI=1S/C17H18FN5O5/c18-28-10-3-1-9(2-4-10)5-17(14(26)13(25)11(6-24)27-17)23-8-22-12-15(19)20-7-21-16(12)23/h1-4,7-8,11,13-14,24-26H,5-6H2,(H2,19,20,21)/t11-,13-,14-,17-/m1/s1. The lowest BCUT2D eigenvalue weighted by molar-refractivity contribution is -0.145. The summed E-state index contributed by atoms with van der Waals surface area (Å²) in [6, 6.07) is 6.01. The minimum Gasteiger partial charge on any atom is -0.394 e. The van der Waals surface area contributed by atoms with Gasteiger partial charge in [0.25, 0.3) is 0 Å². The molecule has 1 aliphatic rings. The molecule has 0 aliphatic carbocycles. The average molecular weight is 391 g/mol. The highest BCUT2D eigenvalue weighted by Gasteiger charge is 2.56. The Balaban J connectivity index is 1.85. The van der Waals surface area contributed by atoms with Gasteiger partial charge in [-0.2, -0.15) is 0 Å². The van der Waals surface area contributed by atoms with E-state index in [1.807, 2.05) is 0 Å². The van der Waals surface area contributed by atoms with Crippen LogP contribution in [-0.4, -0.2) is 59.8 Å². The van der Waals surface area contributed by atoms with Crippen LogP contribution in [-0.2, 0) is 16.9 Å². The minimum absolute atomic E-state index is 0.0209. The largest absolute Gasteiger partial charge is 0.394 e. The quantitative estimate of drug-likeness (QED) is 0.459. The summed E-state index contributed by atoms with van der Waals surface area (Å²) in [5, 5.41) is 30.8. The van der Waals surface area contributed by atoms with E-state index in [4.69, 9.17) is 10.5 Å². The molecular weight excluding hydrogens is 373 g/mol. The van der Waals surface area contributed by atoms with Gasteiger partial charge in [-0.25, -0.2) is 15.0 Å². The number of aliphatic hydroxyl groups excluding tert-OH is 3. The van der Waals surface area contributed by atoms with E-state index in [1.54, 1.807) is 12.1 Å². The molecule has 1 aliphatic heterocycles. The molecule has 0 bridgehead atoms. The summed E-state index contributed by atoms with van der Waals surface area (Å²) in [6.45, 7) is -0.502. The van der Waals surface area contributed by atoms with E-state index >= 15 is 0 Å². The Morgan fingerprint density at radius 2 is 1.96 bits per heavy atom. The van der Waals surface area contributed by atoms with E-state index in [0.717, 1.165) is 0 Å². The Bertz CT molecular complexity index is 984. The fraction of sp³-hybridized carbons (Fsp3) is 0.353. The number of hydrogen-bond acceptors (Lipinski definition) is 9. The number of benzene rings is 1. The van der Waals surface area contributed by atoms with Crippen LogP contribution >= 0.6 is 0 Å². The van der Waals surface area contributed by atoms with Gasteiger partial charge in [-0.15, -0.1) is 0 Å². The number of hydrogen-bond donors (Lipinski definition) is 4. The summed E-state index contributed by atoms with van der Waals surface area (Å²) in [4.78, 5) is 15.9. The highest BCUT2D eigenvalue weighted by atomic mass is 19.3. The van der Waals surface area contributed by atoms with Crippen molar-refractivity contribution in [2.24, 2.45) is 0 Å². The predicted octanol–water partition coefficient (Wildman–Crippen LogP) is -0.320. The number of fused-ring (bicyclic) bond motifs is 1. The van der Waals surface area contributed by atoms with Crippen molar-refractivity contribution < 1.29 is 29.5 Å². The topological polar surface area (TPSA) is 149 Å². The Morgan fingerprint density at radius 3 is 2.61 bits per heavy atom. The molecule has 0 amide bonds. The van der Waals surface area contributed by atoms with Crippen LogP contribution in [0.5, 0.6) is 5.75 Å². The highest BCUT2D eigenvalue weighted by Crippen LogP contribution is 2.40. The fourth-order valence-electron chi connectivity index (χ4n) is 3.53. The third-order valence-electron chi connectivity index (χ3n) is 4.94. The molecule has 1 fully saturated rings. The lowest BCUT2D eigenvalue weighted by Gasteiger charge is -2.34. The van der Waals surface area contributed by atoms with Crippen LogP contribution < -0.4 is 10.7 Å². The molecule has 0 radical (unpaired) electrons. The third kappa shape index (κ3) is 2.76. The number of aromatic nitrogens is 4. The van der Waals surface area contributed by atoms with Crippen LogP contribution in [0, 0.1) is 0 Å². The molecule has 148 valence electrons. The van der Waals surface area contributed by atoms with Gasteiger partial charge in [0.15, 0.2) is 22.9 Å². The fourth-order valence-corrected chi connectivity index (χ4v) is 3.53. The smallest absolute Gasteiger partial charge is 0.180 e. The second kappa shape index (κ2) is 6.95. The van der Waals surface area contributed by atoms with Gasteiger partial charge in [-0.3, -0.25) is 9.51 Å². The number of halogens is 1. The van der Waals surface area contributed by atoms with Crippen molar-refractivity contribution in [3.63, 3.8) is 0 Å². The maximum Gasteiger partial charge on any atom is 0.180 e. The zero-order valence-corrected chi connectivity index (χ0v) is 14.5. The molecule has 28 heavy (non-hydrogen) atoms. The van der Waals surface area contributed by atoms with Crippen molar-refractivity contribution in [3.8, 4) is 5.75 Å². The van der Waals surface area contributed by atoms with Crippen molar-refractivity contribution in [3.05, 3.63) is 42.5 Å². The SMILES string of the molecule is Nc1ncnc2c1ncn2[C@]1(Cc2ccc(OF)cc2)O[C@H](CO)[C@@H](O)[C@H]1O. The molecular formula is C17H18FN5O5. The van der Waals surface area contributed by atoms with Gasteiger partial charge < -0.3 is 25.8 Å². The molecule has 4 rings (SSSR count). The summed E-state index contributed by atoms with van der Waals surface area (Å²) < 4.78 is 19.7. The maximum atomic E-state index is 12.3. The van der Waals surface area contributed by atoms with Gasteiger partial charge in [0.05, 0.1) is 12.9 Å². The molecule has 3 aromatic rings. The van der Waals surface area contributed by atoms with E-state index in [2.05, 4.69) is 19.9 Å². The van der Waals surface area contributed by atoms with Crippen LogP contribution in [0.1, 0.15) is 5.56 Å². The summed E-state index contributed by atoms with van der Waals surface area (Å²) in [5.74, 6) is 0.169. The van der Waals surface area contributed by atoms with Gasteiger partial charge in [-0.05, 0) is 17.7 Å². The first-order valence-corrected chi connectivity index (χ1v) is 8.46. The number of rotatable bonds is 5. The summed E-state index contributed by atoms with van der Waals surface area (Å²) in [7, 11) is 0. The molecule has 10 nitrogen and oxygen atoms in total. The van der Waals surface area contributed by atoms with E-state index in [9.17, 15) is 19.8 Å². The Labute approximate surface area is 157 Å². The Kier molecular flexibility index (Phi) is 4.59. The van der Waals surface area contributed by atoms with E-state index in [1.165, 1.54) is 29.4 Å². The van der Waals surface area contributed by atoms with Crippen molar-refractivity contribution in [1.82, 2.24) is 19.5 Å². The van der Waals surface area contributed by atoms with Gasteiger partial charge >= 0.3 is 0 Å². The van der Waals surface area contributed by atoms with Crippen LogP contribution in [0.3, 0.4) is 0 Å². The van der Waals surface area contributed by atoms with Gasteiger partial charge in [0.1, 0.15) is 30.2 Å². The molecule has 1 saturated heterocycles. The molecule has 4 atom stereocenters. The lowest BCUT2D eigenvalue weighted by Crippen LogP contribution is -2.47. The first-order chi connectivity index (χ1) is 13.5. The number of nitrogens with two attached hydrogens (primary N) is 1. The zero-order chi connectivity index (χ0) is 19.9. The first kappa shape index (κ1) is 18.5. The molecule has 5 N–H and O–H groups in total. The molecule has 0 saturated carbocycles. The Morgan fingerprint density at radius 1 is 1.21 bits per heavy atom. The molecule has 0 unspecified atom stereocenters. The molecule has 0 spiro atoms.